The standard InChI is InChI=1S/C3I3N3O/c4-1-7-2(5)9(10)3(6)8-1. The summed E-state index contributed by atoms with van der Waals surface area (Å²) in [6.45, 7) is 0. The molecule has 1 aromatic heterocycles. The van der Waals surface area contributed by atoms with Crippen molar-refractivity contribution in [2.24, 2.45) is 0 Å². The molecule has 0 fully saturated rings. The molecule has 0 spiro atoms. The Labute approximate surface area is 97.8 Å². The lowest BCUT2D eigenvalue weighted by molar-refractivity contribution is -0.640. The predicted molar refractivity (Wildman–Crippen MR) is 59.1 cm³/mol. The Bertz CT molecular complexity index is 242. The minimum atomic E-state index is 0.404. The maximum Gasteiger partial charge on any atom is 0.337 e. The van der Waals surface area contributed by atoms with E-state index in [-0.39, 0.29) is 0 Å². The lowest BCUT2D eigenvalue weighted by Gasteiger charge is -2.02. The van der Waals surface area contributed by atoms with Crippen LogP contribution in [0.25, 0.3) is 0 Å². The molecule has 1 rings (SSSR count). The third-order valence-corrected chi connectivity index (χ3v) is 2.55. The van der Waals surface area contributed by atoms with E-state index in [2.05, 4.69) is 9.97 Å². The van der Waals surface area contributed by atoms with Crippen LogP contribution >= 0.6 is 67.8 Å². The van der Waals surface area contributed by atoms with Gasteiger partial charge >= 0.3 is 11.5 Å². The molecular weight excluding hydrogens is 475 g/mol. The molecule has 0 saturated heterocycles. The molecule has 0 atom stereocenters. The summed E-state index contributed by atoms with van der Waals surface area (Å²) in [6, 6.07) is 0. The molecule has 0 unspecified atom stereocenters. The van der Waals surface area contributed by atoms with Crippen LogP contribution < -0.4 is 4.73 Å². The number of halogens is 3. The molecule has 1 aromatic rings. The molecule has 54 valence electrons. The fraction of sp³-hybridized carbons (Fsp3) is 0. The van der Waals surface area contributed by atoms with Crippen LogP contribution in [-0.4, -0.2) is 9.97 Å². The van der Waals surface area contributed by atoms with Crippen LogP contribution in [0.4, 0.5) is 0 Å². The Morgan fingerprint density at radius 2 is 1.50 bits per heavy atom. The molecule has 0 radical (unpaired) electrons. The smallest absolute Gasteiger partial charge is 0.337 e. The first-order valence-corrected chi connectivity index (χ1v) is 5.33. The molecule has 0 saturated carbocycles. The highest BCUT2D eigenvalue weighted by atomic mass is 127. The SMILES string of the molecule is [O-][n+]1c(I)nc(I)nc1I. The van der Waals surface area contributed by atoms with E-state index in [9.17, 15) is 5.21 Å². The highest BCUT2D eigenvalue weighted by Gasteiger charge is 2.09. The van der Waals surface area contributed by atoms with Gasteiger partial charge in [0.15, 0.2) is 0 Å². The third-order valence-electron chi connectivity index (χ3n) is 0.704. The van der Waals surface area contributed by atoms with Crippen molar-refractivity contribution in [3.05, 3.63) is 16.7 Å². The van der Waals surface area contributed by atoms with Gasteiger partial charge in [-0.25, -0.2) is 4.73 Å². The summed E-state index contributed by atoms with van der Waals surface area (Å²) in [6.07, 6.45) is 0. The van der Waals surface area contributed by atoms with Crippen molar-refractivity contribution < 1.29 is 4.73 Å². The molecule has 0 N–H and O–H groups in total. The predicted octanol–water partition coefficient (Wildman–Crippen LogP) is 0.924. The summed E-state index contributed by atoms with van der Waals surface area (Å²) in [5, 5.41) is 10.9. The Morgan fingerprint density at radius 1 is 1.10 bits per heavy atom. The van der Waals surface area contributed by atoms with Gasteiger partial charge in [0.2, 0.25) is 0 Å². The summed E-state index contributed by atoms with van der Waals surface area (Å²) < 4.78 is 2.09. The fourth-order valence-corrected chi connectivity index (χ4v) is 3.10. The summed E-state index contributed by atoms with van der Waals surface area (Å²) in [4.78, 5) is 7.68. The second-order valence-corrected chi connectivity index (χ2v) is 4.22. The first-order valence-electron chi connectivity index (χ1n) is 2.09. The highest BCUT2D eigenvalue weighted by Crippen LogP contribution is 2.01. The van der Waals surface area contributed by atoms with E-state index in [1.807, 2.05) is 67.8 Å². The molecule has 0 aliphatic carbocycles. The zero-order valence-electron chi connectivity index (χ0n) is 4.38. The average Bonchev–Trinajstić information content (AvgIpc) is 1.82. The maximum atomic E-state index is 10.9. The van der Waals surface area contributed by atoms with Gasteiger partial charge in [0.05, 0.1) is 0 Å². The van der Waals surface area contributed by atoms with Gasteiger partial charge in [0.25, 0.3) is 0 Å². The van der Waals surface area contributed by atoms with Crippen LogP contribution in [0, 0.1) is 16.7 Å². The monoisotopic (exact) mass is 475 g/mol. The maximum absolute atomic E-state index is 10.9. The van der Waals surface area contributed by atoms with Crippen LogP contribution in [0.3, 0.4) is 0 Å². The quantitative estimate of drug-likeness (QED) is 0.319. The Hall–Kier alpha value is 1.000. The second-order valence-electron chi connectivity index (χ2n) is 1.33. The molecule has 0 aliphatic rings. The van der Waals surface area contributed by atoms with Crippen LogP contribution in [-0.2, 0) is 0 Å². The molecule has 4 nitrogen and oxygen atoms in total. The van der Waals surface area contributed by atoms with Gasteiger partial charge in [-0.1, -0.05) is 9.97 Å². The lowest BCUT2D eigenvalue weighted by atomic mass is 11.1. The average molecular weight is 475 g/mol. The van der Waals surface area contributed by atoms with Crippen LogP contribution in [0.15, 0.2) is 0 Å². The van der Waals surface area contributed by atoms with Crippen molar-refractivity contribution in [1.29, 1.82) is 0 Å². The molecule has 0 aromatic carbocycles. The van der Waals surface area contributed by atoms with Crippen molar-refractivity contribution in [3.63, 3.8) is 0 Å². The summed E-state index contributed by atoms with van der Waals surface area (Å²) in [5.74, 6) is 0. The van der Waals surface area contributed by atoms with E-state index in [4.69, 9.17) is 0 Å². The molecular formula is C3I3N3O. The van der Waals surface area contributed by atoms with Gasteiger partial charge < -0.3 is 5.21 Å². The lowest BCUT2D eigenvalue weighted by Crippen LogP contribution is -2.37. The van der Waals surface area contributed by atoms with Gasteiger partial charge in [0.1, 0.15) is 0 Å². The zero-order valence-corrected chi connectivity index (χ0v) is 10.9. The van der Waals surface area contributed by atoms with E-state index in [1.165, 1.54) is 0 Å². The summed E-state index contributed by atoms with van der Waals surface area (Å²) in [5.41, 5.74) is 0. The van der Waals surface area contributed by atoms with E-state index in [0.717, 1.165) is 0 Å². The molecule has 0 aliphatic heterocycles. The van der Waals surface area contributed by atoms with Crippen molar-refractivity contribution in [2.45, 2.75) is 0 Å². The molecule has 0 amide bonds. The van der Waals surface area contributed by atoms with Gasteiger partial charge in [-0.15, -0.1) is 0 Å². The Balaban J connectivity index is 3.31. The number of aromatic nitrogens is 3. The summed E-state index contributed by atoms with van der Waals surface area (Å²) in [7, 11) is 0. The van der Waals surface area contributed by atoms with Gasteiger partial charge in [-0.05, 0) is 0 Å². The van der Waals surface area contributed by atoms with Crippen LogP contribution in [0.2, 0.25) is 0 Å². The number of hydrogen-bond acceptors (Lipinski definition) is 3. The first kappa shape index (κ1) is 9.09. The fourth-order valence-electron chi connectivity index (χ4n) is 0.344. The van der Waals surface area contributed by atoms with E-state index < -0.39 is 0 Å². The van der Waals surface area contributed by atoms with Gasteiger partial charge in [-0.2, -0.15) is 0 Å². The minimum absolute atomic E-state index is 0.404. The number of hydrogen-bond donors (Lipinski definition) is 0. The van der Waals surface area contributed by atoms with Crippen LogP contribution in [0.5, 0.6) is 0 Å². The van der Waals surface area contributed by atoms with Crippen molar-refractivity contribution in [3.8, 4) is 0 Å². The topological polar surface area (TPSA) is 52.7 Å². The second kappa shape index (κ2) is 3.60. The highest BCUT2D eigenvalue weighted by molar-refractivity contribution is 14.1. The Kier molecular flexibility index (Phi) is 3.27. The zero-order chi connectivity index (χ0) is 7.72. The number of nitrogens with zero attached hydrogens (tertiary/aromatic N) is 3. The summed E-state index contributed by atoms with van der Waals surface area (Å²) >= 11 is 5.69. The van der Waals surface area contributed by atoms with E-state index in [0.29, 0.717) is 16.2 Å². The van der Waals surface area contributed by atoms with E-state index >= 15 is 0 Å². The Morgan fingerprint density at radius 3 is 1.90 bits per heavy atom. The van der Waals surface area contributed by atoms with Crippen molar-refractivity contribution >= 4 is 67.8 Å². The van der Waals surface area contributed by atoms with Gasteiger partial charge in [-0.3, -0.25) is 0 Å². The van der Waals surface area contributed by atoms with E-state index in [1.54, 1.807) is 0 Å². The molecule has 1 heterocycles. The molecule has 10 heavy (non-hydrogen) atoms. The largest absolute Gasteiger partial charge is 0.739 e. The molecule has 7 heteroatoms. The van der Waals surface area contributed by atoms with Gasteiger partial charge in [0, 0.05) is 67.8 Å². The number of rotatable bonds is 0. The normalized spacial score (nSPS) is 9.90. The first-order chi connectivity index (χ1) is 4.61. The minimum Gasteiger partial charge on any atom is -0.739 e. The van der Waals surface area contributed by atoms with Crippen molar-refractivity contribution in [1.82, 2.24) is 9.97 Å². The third kappa shape index (κ3) is 1.99. The van der Waals surface area contributed by atoms with Crippen molar-refractivity contribution in [2.75, 3.05) is 0 Å². The van der Waals surface area contributed by atoms with Crippen LogP contribution in [0.1, 0.15) is 0 Å². The molecule has 0 bridgehead atoms.